The minimum atomic E-state index is 0.107. The van der Waals surface area contributed by atoms with Crippen LogP contribution in [0.15, 0.2) is 22.7 Å². The molecule has 22 heavy (non-hydrogen) atoms. The van der Waals surface area contributed by atoms with Crippen molar-refractivity contribution in [1.82, 2.24) is 4.90 Å². The molecule has 3 nitrogen and oxygen atoms in total. The van der Waals surface area contributed by atoms with Crippen LogP contribution in [0.2, 0.25) is 0 Å². The Labute approximate surface area is 141 Å². The van der Waals surface area contributed by atoms with E-state index < -0.39 is 0 Å². The van der Waals surface area contributed by atoms with E-state index in [9.17, 15) is 4.79 Å². The van der Waals surface area contributed by atoms with Crippen molar-refractivity contribution < 1.29 is 4.79 Å². The van der Waals surface area contributed by atoms with E-state index >= 15 is 0 Å². The molecule has 2 atom stereocenters. The summed E-state index contributed by atoms with van der Waals surface area (Å²) in [6.45, 7) is 3.65. The van der Waals surface area contributed by atoms with Gasteiger partial charge >= 0.3 is 0 Å². The van der Waals surface area contributed by atoms with Gasteiger partial charge in [0.2, 0.25) is 5.91 Å². The van der Waals surface area contributed by atoms with Crippen molar-refractivity contribution in [1.29, 1.82) is 0 Å². The summed E-state index contributed by atoms with van der Waals surface area (Å²) in [4.78, 5) is 14.8. The highest BCUT2D eigenvalue weighted by Gasteiger charge is 2.33. The zero-order valence-electron chi connectivity index (χ0n) is 13.3. The first-order chi connectivity index (χ1) is 10.6. The average Bonchev–Trinajstić information content (AvgIpc) is 2.50. The summed E-state index contributed by atoms with van der Waals surface area (Å²) in [5.74, 6) is 0.928. The average molecular weight is 365 g/mol. The number of hydrogen-bond acceptors (Lipinski definition) is 2. The Bertz CT molecular complexity index is 544. The maximum absolute atomic E-state index is 12.4. The number of carbonyl (C=O) groups excluding carboxylic acids is 1. The summed E-state index contributed by atoms with van der Waals surface area (Å²) in [6.07, 6.45) is 7.91. The van der Waals surface area contributed by atoms with Crippen LogP contribution in [0, 0.1) is 12.8 Å². The lowest BCUT2D eigenvalue weighted by atomic mass is 9.78. The van der Waals surface area contributed by atoms with Crippen LogP contribution in [0.25, 0.3) is 0 Å². The topological polar surface area (TPSA) is 32.3 Å². The number of nitrogens with one attached hydrogen (secondary N) is 1. The van der Waals surface area contributed by atoms with E-state index in [1.54, 1.807) is 0 Å². The second kappa shape index (κ2) is 7.14. The van der Waals surface area contributed by atoms with E-state index in [4.69, 9.17) is 0 Å². The van der Waals surface area contributed by atoms with E-state index in [-0.39, 0.29) is 5.91 Å². The van der Waals surface area contributed by atoms with Crippen LogP contribution in [0.4, 0.5) is 5.69 Å². The molecule has 1 aromatic rings. The molecule has 1 aliphatic heterocycles. The summed E-state index contributed by atoms with van der Waals surface area (Å²) in [5.41, 5.74) is 2.05. The number of nitrogens with zero attached hydrogens (tertiary/aromatic N) is 1. The molecular weight excluding hydrogens is 340 g/mol. The van der Waals surface area contributed by atoms with Crippen LogP contribution in [0.5, 0.6) is 0 Å². The van der Waals surface area contributed by atoms with Gasteiger partial charge in [-0.15, -0.1) is 0 Å². The largest absolute Gasteiger partial charge is 0.324 e. The van der Waals surface area contributed by atoms with Gasteiger partial charge in [-0.3, -0.25) is 9.69 Å². The summed E-state index contributed by atoms with van der Waals surface area (Å²) in [5, 5.41) is 3.05. The summed E-state index contributed by atoms with van der Waals surface area (Å²) in [6, 6.07) is 6.66. The zero-order chi connectivity index (χ0) is 15.5. The third-order valence-electron chi connectivity index (χ3n) is 5.10. The second-order valence-corrected chi connectivity index (χ2v) is 7.61. The smallest absolute Gasteiger partial charge is 0.238 e. The molecule has 1 amide bonds. The Hall–Kier alpha value is -0.870. The second-order valence-electron chi connectivity index (χ2n) is 6.76. The van der Waals surface area contributed by atoms with Crippen molar-refractivity contribution in [3.8, 4) is 0 Å². The minimum absolute atomic E-state index is 0.107. The molecule has 0 spiro atoms. The fraction of sp³-hybridized carbons (Fsp3) is 0.611. The van der Waals surface area contributed by atoms with E-state index in [2.05, 4.69) is 26.1 Å². The van der Waals surface area contributed by atoms with E-state index in [1.165, 1.54) is 44.1 Å². The van der Waals surface area contributed by atoms with Crippen LogP contribution in [-0.2, 0) is 4.79 Å². The molecule has 1 saturated carbocycles. The van der Waals surface area contributed by atoms with E-state index in [0.29, 0.717) is 12.6 Å². The highest BCUT2D eigenvalue weighted by atomic mass is 79.9. The molecule has 1 heterocycles. The third kappa shape index (κ3) is 3.72. The predicted molar refractivity (Wildman–Crippen MR) is 94.1 cm³/mol. The van der Waals surface area contributed by atoms with E-state index in [1.807, 2.05) is 25.1 Å². The number of anilines is 1. The normalized spacial score (nSPS) is 25.5. The number of aryl methyl sites for hydroxylation is 1. The molecule has 0 aromatic heterocycles. The van der Waals surface area contributed by atoms with Crippen LogP contribution >= 0.6 is 15.9 Å². The number of hydrogen-bond donors (Lipinski definition) is 1. The van der Waals surface area contributed by atoms with Crippen LogP contribution in [0.3, 0.4) is 0 Å². The Kier molecular flexibility index (Phi) is 5.19. The molecule has 1 saturated heterocycles. The first kappa shape index (κ1) is 16.0. The van der Waals surface area contributed by atoms with Crippen molar-refractivity contribution in [3.63, 3.8) is 0 Å². The highest BCUT2D eigenvalue weighted by molar-refractivity contribution is 9.10. The van der Waals surface area contributed by atoms with Crippen molar-refractivity contribution in [2.75, 3.05) is 18.4 Å². The van der Waals surface area contributed by atoms with Crippen LogP contribution in [0.1, 0.15) is 44.1 Å². The van der Waals surface area contributed by atoms with Gasteiger partial charge in [-0.1, -0.05) is 18.9 Å². The Morgan fingerprint density at radius 1 is 1.27 bits per heavy atom. The van der Waals surface area contributed by atoms with Gasteiger partial charge in [0, 0.05) is 10.5 Å². The molecule has 0 radical (unpaired) electrons. The fourth-order valence-corrected chi connectivity index (χ4v) is 4.61. The molecule has 2 aliphatic rings. The number of halogens is 1. The van der Waals surface area contributed by atoms with Crippen molar-refractivity contribution in [2.45, 2.75) is 51.5 Å². The third-order valence-corrected chi connectivity index (χ3v) is 5.76. The Morgan fingerprint density at radius 2 is 2.05 bits per heavy atom. The van der Waals surface area contributed by atoms with Crippen molar-refractivity contribution in [2.24, 2.45) is 5.92 Å². The maximum Gasteiger partial charge on any atom is 0.238 e. The predicted octanol–water partition coefficient (Wildman–Crippen LogP) is 4.35. The first-order valence-corrected chi connectivity index (χ1v) is 9.23. The van der Waals surface area contributed by atoms with Gasteiger partial charge in [0.1, 0.15) is 0 Å². The first-order valence-electron chi connectivity index (χ1n) is 8.43. The van der Waals surface area contributed by atoms with Crippen molar-refractivity contribution in [3.05, 3.63) is 28.2 Å². The number of carbonyl (C=O) groups is 1. The zero-order valence-corrected chi connectivity index (χ0v) is 14.9. The van der Waals surface area contributed by atoms with Crippen molar-refractivity contribution >= 4 is 27.5 Å². The standard InChI is InChI=1S/C18H25BrN2O/c1-13-8-9-16(15(19)11-13)20-18(22)12-21-10-4-6-14-5-2-3-7-17(14)21/h8-9,11,14,17H,2-7,10,12H2,1H3,(H,20,22)/t14-,17+/m1/s1. The Balaban J connectivity index is 1.61. The number of amides is 1. The molecule has 0 bridgehead atoms. The number of rotatable bonds is 3. The molecule has 120 valence electrons. The molecule has 4 heteroatoms. The molecule has 3 rings (SSSR count). The molecule has 2 fully saturated rings. The minimum Gasteiger partial charge on any atom is -0.324 e. The van der Waals surface area contributed by atoms with Gasteiger partial charge in [0.05, 0.1) is 12.2 Å². The van der Waals surface area contributed by atoms with E-state index in [0.717, 1.165) is 22.6 Å². The van der Waals surface area contributed by atoms with Gasteiger partial charge in [-0.05, 0) is 78.7 Å². The molecular formula is C18H25BrN2O. The lowest BCUT2D eigenvalue weighted by Crippen LogP contribution is -2.49. The van der Waals surface area contributed by atoms with Crippen LogP contribution in [-0.4, -0.2) is 29.9 Å². The van der Waals surface area contributed by atoms with Crippen LogP contribution < -0.4 is 5.32 Å². The number of piperidine rings is 1. The summed E-state index contributed by atoms with van der Waals surface area (Å²) >= 11 is 3.53. The highest BCUT2D eigenvalue weighted by Crippen LogP contribution is 2.35. The van der Waals surface area contributed by atoms with Gasteiger partial charge in [-0.2, -0.15) is 0 Å². The number of likely N-dealkylation sites (tertiary alicyclic amines) is 1. The van der Waals surface area contributed by atoms with Gasteiger partial charge in [0.15, 0.2) is 0 Å². The quantitative estimate of drug-likeness (QED) is 0.864. The molecule has 1 aromatic carbocycles. The lowest BCUT2D eigenvalue weighted by Gasteiger charge is -2.43. The van der Waals surface area contributed by atoms with Gasteiger partial charge < -0.3 is 5.32 Å². The molecule has 1 aliphatic carbocycles. The number of fused-ring (bicyclic) bond motifs is 1. The summed E-state index contributed by atoms with van der Waals surface area (Å²) in [7, 11) is 0. The lowest BCUT2D eigenvalue weighted by molar-refractivity contribution is -0.118. The fourth-order valence-electron chi connectivity index (χ4n) is 4.02. The monoisotopic (exact) mass is 364 g/mol. The SMILES string of the molecule is Cc1ccc(NC(=O)CN2CCC[C@H]3CCCC[C@@H]32)c(Br)c1. The maximum atomic E-state index is 12.4. The van der Waals surface area contributed by atoms with Gasteiger partial charge in [-0.25, -0.2) is 0 Å². The summed E-state index contributed by atoms with van der Waals surface area (Å²) < 4.78 is 0.954. The number of benzene rings is 1. The molecule has 0 unspecified atom stereocenters. The molecule has 1 N–H and O–H groups in total. The Morgan fingerprint density at radius 3 is 2.86 bits per heavy atom. The van der Waals surface area contributed by atoms with Gasteiger partial charge in [0.25, 0.3) is 0 Å².